The van der Waals surface area contributed by atoms with E-state index in [1.54, 1.807) is 0 Å². The Kier molecular flexibility index (Phi) is 4.24. The van der Waals surface area contributed by atoms with Gasteiger partial charge in [-0.15, -0.1) is 0 Å². The highest BCUT2D eigenvalue weighted by molar-refractivity contribution is 7.92. The van der Waals surface area contributed by atoms with Gasteiger partial charge in [-0.1, -0.05) is 30.3 Å². The summed E-state index contributed by atoms with van der Waals surface area (Å²) in [5.41, 5.74) is 0.876. The average molecular weight is 295 g/mol. The van der Waals surface area contributed by atoms with Crippen molar-refractivity contribution in [3.05, 3.63) is 59.9 Å². The maximum absolute atomic E-state index is 12.8. The first-order chi connectivity index (χ1) is 9.46. The van der Waals surface area contributed by atoms with Gasteiger partial charge in [-0.3, -0.25) is 4.72 Å². The lowest BCUT2D eigenvalue weighted by molar-refractivity contribution is 0.471. The van der Waals surface area contributed by atoms with Crippen molar-refractivity contribution in [2.24, 2.45) is 0 Å². The van der Waals surface area contributed by atoms with Crippen molar-refractivity contribution in [1.29, 1.82) is 0 Å². The predicted molar refractivity (Wildman–Crippen MR) is 75.6 cm³/mol. The highest BCUT2D eigenvalue weighted by atomic mass is 32.2. The van der Waals surface area contributed by atoms with Crippen LogP contribution in [0.2, 0.25) is 0 Å². The van der Waals surface area contributed by atoms with Gasteiger partial charge in [0.1, 0.15) is 11.6 Å². The first kappa shape index (κ1) is 14.3. The monoisotopic (exact) mass is 295 g/mol. The zero-order valence-corrected chi connectivity index (χ0v) is 11.4. The second-order valence-electron chi connectivity index (χ2n) is 4.32. The Morgan fingerprint density at radius 3 is 2.45 bits per heavy atom. The van der Waals surface area contributed by atoms with Crippen molar-refractivity contribution in [2.45, 2.75) is 6.42 Å². The molecule has 0 aliphatic rings. The molecule has 0 aliphatic carbocycles. The number of anilines is 1. The highest BCUT2D eigenvalue weighted by Crippen LogP contribution is 2.24. The molecule has 20 heavy (non-hydrogen) atoms. The van der Waals surface area contributed by atoms with Crippen molar-refractivity contribution in [3.8, 4) is 5.75 Å². The molecular formula is C14H14FNO3S. The Morgan fingerprint density at radius 1 is 1.10 bits per heavy atom. The summed E-state index contributed by atoms with van der Waals surface area (Å²) in [7, 11) is -3.60. The summed E-state index contributed by atoms with van der Waals surface area (Å²) >= 11 is 0. The van der Waals surface area contributed by atoms with Crippen LogP contribution >= 0.6 is 0 Å². The van der Waals surface area contributed by atoms with Crippen molar-refractivity contribution < 1.29 is 17.9 Å². The fourth-order valence-corrected chi connectivity index (χ4v) is 2.82. The molecule has 0 saturated carbocycles. The number of phenols is 1. The zero-order valence-electron chi connectivity index (χ0n) is 10.6. The maximum atomic E-state index is 12.8. The third-order valence-electron chi connectivity index (χ3n) is 2.73. The van der Waals surface area contributed by atoms with Crippen LogP contribution in [0.25, 0.3) is 0 Å². The molecule has 0 atom stereocenters. The van der Waals surface area contributed by atoms with Crippen LogP contribution < -0.4 is 4.72 Å². The van der Waals surface area contributed by atoms with Gasteiger partial charge < -0.3 is 5.11 Å². The highest BCUT2D eigenvalue weighted by Gasteiger charge is 2.13. The molecule has 2 aromatic carbocycles. The van der Waals surface area contributed by atoms with Gasteiger partial charge in [0.2, 0.25) is 10.0 Å². The quantitative estimate of drug-likeness (QED) is 0.833. The SMILES string of the molecule is O=S(=O)(CCc1ccccc1)Nc1ccc(F)cc1O. The van der Waals surface area contributed by atoms with Crippen molar-refractivity contribution in [3.63, 3.8) is 0 Å². The Bertz CT molecular complexity index is 687. The van der Waals surface area contributed by atoms with Gasteiger partial charge in [0, 0.05) is 6.07 Å². The third kappa shape index (κ3) is 3.96. The Labute approximate surface area is 116 Å². The molecular weight excluding hydrogens is 281 g/mol. The molecule has 0 aliphatic heterocycles. The molecule has 0 aromatic heterocycles. The summed E-state index contributed by atoms with van der Waals surface area (Å²) < 4.78 is 38.8. The van der Waals surface area contributed by atoms with E-state index in [4.69, 9.17) is 0 Å². The van der Waals surface area contributed by atoms with Crippen LogP contribution in [0, 0.1) is 5.82 Å². The molecule has 0 spiro atoms. The number of aromatic hydroxyl groups is 1. The first-order valence-corrected chi connectivity index (χ1v) is 7.64. The smallest absolute Gasteiger partial charge is 0.233 e. The summed E-state index contributed by atoms with van der Waals surface area (Å²) in [5, 5.41) is 9.47. The van der Waals surface area contributed by atoms with E-state index < -0.39 is 21.6 Å². The van der Waals surface area contributed by atoms with E-state index in [9.17, 15) is 17.9 Å². The summed E-state index contributed by atoms with van der Waals surface area (Å²) in [5.74, 6) is -1.18. The van der Waals surface area contributed by atoms with Gasteiger partial charge in [-0.25, -0.2) is 12.8 Å². The van der Waals surface area contributed by atoms with E-state index in [1.165, 1.54) is 6.07 Å². The van der Waals surface area contributed by atoms with Crippen LogP contribution in [0.4, 0.5) is 10.1 Å². The molecule has 2 N–H and O–H groups in total. The van der Waals surface area contributed by atoms with Crippen molar-refractivity contribution in [2.75, 3.05) is 10.5 Å². The van der Waals surface area contributed by atoms with Gasteiger partial charge in [0.25, 0.3) is 0 Å². The van der Waals surface area contributed by atoms with Crippen molar-refractivity contribution >= 4 is 15.7 Å². The molecule has 0 saturated heterocycles. The standard InChI is InChI=1S/C14H14FNO3S/c15-12-6-7-13(14(17)10-12)16-20(18,19)9-8-11-4-2-1-3-5-11/h1-7,10,16-17H,8-9H2. The number of halogens is 1. The number of hydrogen-bond donors (Lipinski definition) is 2. The number of nitrogens with one attached hydrogen (secondary N) is 1. The number of benzene rings is 2. The number of sulfonamides is 1. The van der Waals surface area contributed by atoms with Crippen LogP contribution in [-0.4, -0.2) is 19.3 Å². The topological polar surface area (TPSA) is 66.4 Å². The minimum atomic E-state index is -3.60. The van der Waals surface area contributed by atoms with Gasteiger partial charge in [0.15, 0.2) is 0 Å². The van der Waals surface area contributed by atoms with Crippen molar-refractivity contribution in [1.82, 2.24) is 0 Å². The lowest BCUT2D eigenvalue weighted by atomic mass is 10.2. The zero-order chi connectivity index (χ0) is 14.6. The van der Waals surface area contributed by atoms with Gasteiger partial charge in [-0.05, 0) is 24.1 Å². The average Bonchev–Trinajstić information content (AvgIpc) is 2.41. The number of aryl methyl sites for hydroxylation is 1. The molecule has 2 rings (SSSR count). The molecule has 2 aromatic rings. The fraction of sp³-hybridized carbons (Fsp3) is 0.143. The molecule has 0 amide bonds. The van der Waals surface area contributed by atoms with E-state index in [0.717, 1.165) is 17.7 Å². The molecule has 6 heteroatoms. The fourth-order valence-electron chi connectivity index (χ4n) is 1.71. The third-order valence-corrected chi connectivity index (χ3v) is 4.00. The number of hydrogen-bond acceptors (Lipinski definition) is 3. The second kappa shape index (κ2) is 5.92. The Hall–Kier alpha value is -2.08. The molecule has 0 bridgehead atoms. The van der Waals surface area contributed by atoms with E-state index in [0.29, 0.717) is 6.42 Å². The lowest BCUT2D eigenvalue weighted by Crippen LogP contribution is -2.18. The molecule has 0 unspecified atom stereocenters. The summed E-state index contributed by atoms with van der Waals surface area (Å²) in [4.78, 5) is 0. The molecule has 4 nitrogen and oxygen atoms in total. The van der Waals surface area contributed by atoms with Crippen LogP contribution in [-0.2, 0) is 16.4 Å². The van der Waals surface area contributed by atoms with E-state index >= 15 is 0 Å². The summed E-state index contributed by atoms with van der Waals surface area (Å²) in [6, 6.07) is 12.3. The Morgan fingerprint density at radius 2 is 1.80 bits per heavy atom. The van der Waals surface area contributed by atoms with Crippen LogP contribution in [0.5, 0.6) is 5.75 Å². The van der Waals surface area contributed by atoms with Crippen LogP contribution in [0.1, 0.15) is 5.56 Å². The predicted octanol–water partition coefficient (Wildman–Crippen LogP) is 2.52. The van der Waals surface area contributed by atoms with Gasteiger partial charge >= 0.3 is 0 Å². The van der Waals surface area contributed by atoms with Gasteiger partial charge in [0.05, 0.1) is 11.4 Å². The maximum Gasteiger partial charge on any atom is 0.233 e. The van der Waals surface area contributed by atoms with Gasteiger partial charge in [-0.2, -0.15) is 0 Å². The van der Waals surface area contributed by atoms with Crippen LogP contribution in [0.15, 0.2) is 48.5 Å². The largest absolute Gasteiger partial charge is 0.506 e. The minimum Gasteiger partial charge on any atom is -0.506 e. The molecule has 106 valence electrons. The van der Waals surface area contributed by atoms with Crippen LogP contribution in [0.3, 0.4) is 0 Å². The van der Waals surface area contributed by atoms with E-state index in [2.05, 4.69) is 4.72 Å². The molecule has 0 heterocycles. The summed E-state index contributed by atoms with van der Waals surface area (Å²) in [6.45, 7) is 0. The van der Waals surface area contributed by atoms with E-state index in [1.807, 2.05) is 30.3 Å². The lowest BCUT2D eigenvalue weighted by Gasteiger charge is -2.09. The molecule has 0 fully saturated rings. The molecule has 0 radical (unpaired) electrons. The summed E-state index contributed by atoms with van der Waals surface area (Å²) in [6.07, 6.45) is 0.359. The van der Waals surface area contributed by atoms with E-state index in [-0.39, 0.29) is 11.4 Å². The number of rotatable bonds is 5. The normalized spacial score (nSPS) is 11.2. The minimum absolute atomic E-state index is 0.0283. The second-order valence-corrected chi connectivity index (χ2v) is 6.16. The Balaban J connectivity index is 2.04. The number of phenolic OH excluding ortho intramolecular Hbond substituents is 1. The first-order valence-electron chi connectivity index (χ1n) is 5.99.